The third-order valence-electron chi connectivity index (χ3n) is 3.51. The van der Waals surface area contributed by atoms with Gasteiger partial charge in [0, 0.05) is 13.0 Å². The predicted molar refractivity (Wildman–Crippen MR) is 91.3 cm³/mol. The second-order valence-electron chi connectivity index (χ2n) is 5.28. The highest BCUT2D eigenvalue weighted by molar-refractivity contribution is 5.93. The average molecular weight is 327 g/mol. The Morgan fingerprint density at radius 1 is 1.21 bits per heavy atom. The van der Waals surface area contributed by atoms with Crippen molar-refractivity contribution in [3.8, 4) is 0 Å². The van der Waals surface area contributed by atoms with Crippen molar-refractivity contribution in [1.29, 1.82) is 0 Å². The molecular formula is C19H21NO4. The van der Waals surface area contributed by atoms with E-state index in [0.29, 0.717) is 25.1 Å². The summed E-state index contributed by atoms with van der Waals surface area (Å²) in [4.78, 5) is 23.7. The number of ether oxygens (including phenoxy) is 1. The number of carbonyl (C=O) groups is 2. The maximum absolute atomic E-state index is 11.9. The van der Waals surface area contributed by atoms with Gasteiger partial charge in [0.15, 0.2) is 5.78 Å². The maximum atomic E-state index is 11.9. The second-order valence-corrected chi connectivity index (χ2v) is 5.28. The fourth-order valence-corrected chi connectivity index (χ4v) is 2.24. The van der Waals surface area contributed by atoms with Crippen LogP contribution in [-0.2, 0) is 20.7 Å². The Kier molecular flexibility index (Phi) is 6.98. The molecule has 0 fully saturated rings. The van der Waals surface area contributed by atoms with Crippen LogP contribution >= 0.6 is 0 Å². The Balaban J connectivity index is 1.82. The maximum Gasteiger partial charge on any atom is 0.323 e. The van der Waals surface area contributed by atoms with Gasteiger partial charge >= 0.3 is 5.97 Å². The van der Waals surface area contributed by atoms with Crippen molar-refractivity contribution in [3.63, 3.8) is 0 Å². The van der Waals surface area contributed by atoms with Crippen LogP contribution in [0, 0.1) is 0 Å². The molecular weight excluding hydrogens is 306 g/mol. The molecule has 24 heavy (non-hydrogen) atoms. The molecule has 0 amide bonds. The van der Waals surface area contributed by atoms with Gasteiger partial charge in [-0.2, -0.15) is 0 Å². The normalized spacial score (nSPS) is 12.2. The number of ketones is 1. The number of furan rings is 1. The van der Waals surface area contributed by atoms with E-state index in [2.05, 4.69) is 5.32 Å². The van der Waals surface area contributed by atoms with E-state index in [1.165, 1.54) is 13.2 Å². The van der Waals surface area contributed by atoms with Gasteiger partial charge in [0.05, 0.1) is 13.4 Å². The van der Waals surface area contributed by atoms with E-state index in [4.69, 9.17) is 9.15 Å². The summed E-state index contributed by atoms with van der Waals surface area (Å²) < 4.78 is 9.95. The van der Waals surface area contributed by atoms with Crippen LogP contribution in [0.5, 0.6) is 0 Å². The summed E-state index contributed by atoms with van der Waals surface area (Å²) in [6.45, 7) is 0.397. The molecule has 2 aromatic rings. The van der Waals surface area contributed by atoms with Crippen molar-refractivity contribution in [1.82, 2.24) is 5.32 Å². The quantitative estimate of drug-likeness (QED) is 0.566. The predicted octanol–water partition coefficient (Wildman–Crippen LogP) is 2.63. The molecule has 0 aliphatic rings. The largest absolute Gasteiger partial charge is 0.468 e. The molecule has 0 radical (unpaired) electrons. The Bertz CT molecular complexity index is 662. The van der Waals surface area contributed by atoms with Gasteiger partial charge in [0.2, 0.25) is 0 Å². The summed E-state index contributed by atoms with van der Waals surface area (Å²) in [5.41, 5.74) is 1.03. The van der Waals surface area contributed by atoms with Crippen molar-refractivity contribution in [2.45, 2.75) is 18.9 Å². The van der Waals surface area contributed by atoms with Crippen molar-refractivity contribution < 1.29 is 18.7 Å². The monoisotopic (exact) mass is 327 g/mol. The van der Waals surface area contributed by atoms with Gasteiger partial charge < -0.3 is 14.5 Å². The van der Waals surface area contributed by atoms with Gasteiger partial charge in [-0.25, -0.2) is 0 Å². The van der Waals surface area contributed by atoms with Crippen LogP contribution in [0.25, 0.3) is 6.08 Å². The van der Waals surface area contributed by atoms with Gasteiger partial charge in [-0.15, -0.1) is 0 Å². The van der Waals surface area contributed by atoms with E-state index in [1.807, 2.05) is 30.3 Å². The van der Waals surface area contributed by atoms with E-state index < -0.39 is 6.04 Å². The highest BCUT2D eigenvalue weighted by Gasteiger charge is 2.18. The van der Waals surface area contributed by atoms with E-state index in [-0.39, 0.29) is 11.8 Å². The molecule has 126 valence electrons. The molecule has 5 heteroatoms. The van der Waals surface area contributed by atoms with Gasteiger partial charge in [-0.3, -0.25) is 9.59 Å². The first-order chi connectivity index (χ1) is 11.7. The smallest absolute Gasteiger partial charge is 0.323 e. The minimum atomic E-state index is -0.473. The molecule has 1 aromatic carbocycles. The molecule has 0 spiro atoms. The Hall–Kier alpha value is -2.66. The first kappa shape index (κ1) is 17.7. The lowest BCUT2D eigenvalue weighted by Crippen LogP contribution is -2.40. The summed E-state index contributed by atoms with van der Waals surface area (Å²) >= 11 is 0. The first-order valence-corrected chi connectivity index (χ1v) is 7.78. The molecule has 0 saturated heterocycles. The topological polar surface area (TPSA) is 68.5 Å². The molecule has 1 atom stereocenters. The lowest BCUT2D eigenvalue weighted by atomic mass is 10.1. The van der Waals surface area contributed by atoms with E-state index in [0.717, 1.165) is 5.56 Å². The lowest BCUT2D eigenvalue weighted by molar-refractivity contribution is -0.143. The molecule has 1 N–H and O–H groups in total. The summed E-state index contributed by atoms with van der Waals surface area (Å²) in [5, 5.41) is 3.09. The van der Waals surface area contributed by atoms with Crippen molar-refractivity contribution in [2.24, 2.45) is 0 Å². The van der Waals surface area contributed by atoms with Crippen LogP contribution < -0.4 is 5.32 Å². The van der Waals surface area contributed by atoms with E-state index in [1.54, 1.807) is 24.5 Å². The highest BCUT2D eigenvalue weighted by Crippen LogP contribution is 2.05. The zero-order valence-electron chi connectivity index (χ0n) is 13.6. The SMILES string of the molecule is COC(=O)[C@H](Cc1ccccc1)NCCC(=O)/C=C/c1ccco1. The minimum Gasteiger partial charge on any atom is -0.468 e. The Labute approximate surface area is 141 Å². The molecule has 0 saturated carbocycles. The lowest BCUT2D eigenvalue weighted by Gasteiger charge is -2.16. The van der Waals surface area contributed by atoms with Crippen LogP contribution in [0.15, 0.2) is 59.2 Å². The zero-order valence-corrected chi connectivity index (χ0v) is 13.6. The van der Waals surface area contributed by atoms with Crippen LogP contribution in [0.2, 0.25) is 0 Å². The van der Waals surface area contributed by atoms with Crippen molar-refractivity contribution >= 4 is 17.8 Å². The number of rotatable bonds is 9. The Morgan fingerprint density at radius 2 is 2.00 bits per heavy atom. The fraction of sp³-hybridized carbons (Fsp3) is 0.263. The van der Waals surface area contributed by atoms with Crippen molar-refractivity contribution in [2.75, 3.05) is 13.7 Å². The number of benzene rings is 1. The molecule has 1 heterocycles. The van der Waals surface area contributed by atoms with Crippen LogP contribution in [-0.4, -0.2) is 31.4 Å². The minimum absolute atomic E-state index is 0.0396. The second kappa shape index (κ2) is 9.47. The Morgan fingerprint density at radius 3 is 2.67 bits per heavy atom. The van der Waals surface area contributed by atoms with E-state index in [9.17, 15) is 9.59 Å². The van der Waals surface area contributed by atoms with Gasteiger partial charge in [0.1, 0.15) is 11.8 Å². The molecule has 0 bridgehead atoms. The zero-order chi connectivity index (χ0) is 17.2. The number of esters is 1. The fourth-order valence-electron chi connectivity index (χ4n) is 2.24. The summed E-state index contributed by atoms with van der Waals surface area (Å²) in [6, 6.07) is 12.7. The molecule has 5 nitrogen and oxygen atoms in total. The number of carbonyl (C=O) groups excluding carboxylic acids is 2. The number of nitrogens with one attached hydrogen (secondary N) is 1. The third-order valence-corrected chi connectivity index (χ3v) is 3.51. The van der Waals surface area contributed by atoms with Crippen LogP contribution in [0.3, 0.4) is 0 Å². The molecule has 2 rings (SSSR count). The summed E-state index contributed by atoms with van der Waals surface area (Å²) in [5.74, 6) is 0.257. The molecule has 0 aliphatic heterocycles. The van der Waals surface area contributed by atoms with E-state index >= 15 is 0 Å². The molecule has 1 aromatic heterocycles. The highest BCUT2D eigenvalue weighted by atomic mass is 16.5. The van der Waals surface area contributed by atoms with Gasteiger partial charge in [-0.1, -0.05) is 30.3 Å². The molecule has 0 aliphatic carbocycles. The third kappa shape index (κ3) is 5.85. The first-order valence-electron chi connectivity index (χ1n) is 7.78. The van der Waals surface area contributed by atoms with Crippen LogP contribution in [0.4, 0.5) is 0 Å². The molecule has 0 unspecified atom stereocenters. The van der Waals surface area contributed by atoms with Gasteiger partial charge in [0.25, 0.3) is 0 Å². The number of allylic oxidation sites excluding steroid dienone is 1. The van der Waals surface area contributed by atoms with Crippen molar-refractivity contribution in [3.05, 3.63) is 66.1 Å². The summed E-state index contributed by atoms with van der Waals surface area (Å²) in [7, 11) is 1.36. The number of hydrogen-bond acceptors (Lipinski definition) is 5. The summed E-state index contributed by atoms with van der Waals surface area (Å²) in [6.07, 6.45) is 5.47. The standard InChI is InChI=1S/C19H21NO4/c1-23-19(22)18(14-15-6-3-2-4-7-15)20-12-11-16(21)9-10-17-8-5-13-24-17/h2-10,13,18,20H,11-12,14H2,1H3/b10-9+/t18-/m0/s1. The van der Waals surface area contributed by atoms with Gasteiger partial charge in [-0.05, 0) is 36.3 Å². The van der Waals surface area contributed by atoms with Crippen LogP contribution in [0.1, 0.15) is 17.7 Å². The average Bonchev–Trinajstić information content (AvgIpc) is 3.13. The number of hydrogen-bond donors (Lipinski definition) is 1. The number of methoxy groups -OCH3 is 1.